The Bertz CT molecular complexity index is 274. The number of anilines is 1. The molecule has 0 atom stereocenters. The van der Waals surface area contributed by atoms with Gasteiger partial charge in [-0.15, -0.1) is 0 Å². The molecule has 0 radical (unpaired) electrons. The molecule has 0 saturated heterocycles. The molecule has 1 aromatic rings. The third-order valence-electron chi connectivity index (χ3n) is 1.68. The predicted octanol–water partition coefficient (Wildman–Crippen LogP) is 0.691. The second kappa shape index (κ2) is 4.45. The first-order valence-electron chi connectivity index (χ1n) is 3.92. The number of carbonyl (C=O) groups is 1. The van der Waals surface area contributed by atoms with E-state index in [1.54, 1.807) is 17.3 Å². The lowest BCUT2D eigenvalue weighted by atomic mass is 10.4. The van der Waals surface area contributed by atoms with Crippen molar-refractivity contribution in [3.8, 4) is 0 Å². The fraction of sp³-hybridized carbons (Fsp3) is 0.333. The molecule has 0 saturated carbocycles. The number of likely N-dealkylation sites (N-methyl/N-ethyl adjacent to an activating group) is 1. The van der Waals surface area contributed by atoms with Crippen molar-refractivity contribution in [1.82, 2.24) is 4.98 Å². The van der Waals surface area contributed by atoms with Crippen LogP contribution >= 0.6 is 0 Å². The molecular weight excluding hydrogens is 168 g/mol. The maximum Gasteiger partial charge on any atom is 0.325 e. The van der Waals surface area contributed by atoms with Crippen LogP contribution in [0.3, 0.4) is 0 Å². The number of methoxy groups -OCH3 is 1. The maximum absolute atomic E-state index is 10.9. The van der Waals surface area contributed by atoms with Crippen molar-refractivity contribution in [2.45, 2.75) is 0 Å². The van der Waals surface area contributed by atoms with Gasteiger partial charge >= 0.3 is 5.97 Å². The SMILES string of the molecule is COC(=O)CN(C)c1cccnc1. The van der Waals surface area contributed by atoms with Crippen molar-refractivity contribution >= 4 is 11.7 Å². The van der Waals surface area contributed by atoms with E-state index in [-0.39, 0.29) is 12.5 Å². The average molecular weight is 180 g/mol. The van der Waals surface area contributed by atoms with Crippen LogP contribution in [0, 0.1) is 0 Å². The molecule has 1 heterocycles. The number of ether oxygens (including phenoxy) is 1. The van der Waals surface area contributed by atoms with Gasteiger partial charge in [0.15, 0.2) is 0 Å². The second-order valence-electron chi connectivity index (χ2n) is 2.64. The monoisotopic (exact) mass is 180 g/mol. The Morgan fingerprint density at radius 1 is 1.69 bits per heavy atom. The number of aromatic nitrogens is 1. The van der Waals surface area contributed by atoms with Crippen LogP contribution in [0.5, 0.6) is 0 Å². The number of nitrogens with zero attached hydrogens (tertiary/aromatic N) is 2. The Kier molecular flexibility index (Phi) is 3.25. The van der Waals surface area contributed by atoms with E-state index in [0.29, 0.717) is 0 Å². The molecule has 0 aliphatic heterocycles. The van der Waals surface area contributed by atoms with Crippen molar-refractivity contribution < 1.29 is 9.53 Å². The molecule has 0 amide bonds. The molecule has 0 fully saturated rings. The van der Waals surface area contributed by atoms with Crippen LogP contribution in [0.25, 0.3) is 0 Å². The van der Waals surface area contributed by atoms with E-state index in [9.17, 15) is 4.79 Å². The van der Waals surface area contributed by atoms with Crippen molar-refractivity contribution in [2.24, 2.45) is 0 Å². The number of pyridine rings is 1. The standard InChI is InChI=1S/C9H12N2O2/c1-11(7-9(12)13-2)8-4-3-5-10-6-8/h3-6H,7H2,1-2H3. The average Bonchev–Trinajstić information content (AvgIpc) is 2.19. The van der Waals surface area contributed by atoms with Crippen LogP contribution < -0.4 is 4.90 Å². The Balaban J connectivity index is 2.59. The highest BCUT2D eigenvalue weighted by Gasteiger charge is 2.06. The van der Waals surface area contributed by atoms with Gasteiger partial charge in [0.25, 0.3) is 0 Å². The molecular formula is C9H12N2O2. The van der Waals surface area contributed by atoms with Crippen LogP contribution in [-0.2, 0) is 9.53 Å². The molecule has 0 aliphatic rings. The van der Waals surface area contributed by atoms with Crippen molar-refractivity contribution in [3.05, 3.63) is 24.5 Å². The van der Waals surface area contributed by atoms with Crippen LogP contribution in [0.4, 0.5) is 5.69 Å². The van der Waals surface area contributed by atoms with E-state index in [2.05, 4.69) is 9.72 Å². The molecule has 70 valence electrons. The fourth-order valence-corrected chi connectivity index (χ4v) is 0.929. The highest BCUT2D eigenvalue weighted by atomic mass is 16.5. The molecule has 13 heavy (non-hydrogen) atoms. The predicted molar refractivity (Wildman–Crippen MR) is 49.5 cm³/mol. The maximum atomic E-state index is 10.9. The van der Waals surface area contributed by atoms with Crippen LogP contribution in [0.15, 0.2) is 24.5 Å². The van der Waals surface area contributed by atoms with Crippen LogP contribution in [0.1, 0.15) is 0 Å². The van der Waals surface area contributed by atoms with Gasteiger partial charge in [0.2, 0.25) is 0 Å². The zero-order valence-electron chi connectivity index (χ0n) is 7.73. The highest BCUT2D eigenvalue weighted by Crippen LogP contribution is 2.08. The van der Waals surface area contributed by atoms with E-state index in [1.807, 2.05) is 19.2 Å². The lowest BCUT2D eigenvalue weighted by Crippen LogP contribution is -2.26. The Hall–Kier alpha value is -1.58. The number of rotatable bonds is 3. The molecule has 4 nitrogen and oxygen atoms in total. The second-order valence-corrected chi connectivity index (χ2v) is 2.64. The summed E-state index contributed by atoms with van der Waals surface area (Å²) in [6.45, 7) is 0.238. The first-order chi connectivity index (χ1) is 6.24. The number of hydrogen-bond donors (Lipinski definition) is 0. The summed E-state index contributed by atoms with van der Waals surface area (Å²) in [5.41, 5.74) is 0.896. The fourth-order valence-electron chi connectivity index (χ4n) is 0.929. The largest absolute Gasteiger partial charge is 0.468 e. The van der Waals surface area contributed by atoms with Gasteiger partial charge in [-0.05, 0) is 12.1 Å². The van der Waals surface area contributed by atoms with E-state index in [4.69, 9.17) is 0 Å². The summed E-state index contributed by atoms with van der Waals surface area (Å²) < 4.78 is 4.54. The third-order valence-corrected chi connectivity index (χ3v) is 1.68. The Morgan fingerprint density at radius 3 is 3.00 bits per heavy atom. The molecule has 1 aromatic heterocycles. The minimum Gasteiger partial charge on any atom is -0.468 e. The third kappa shape index (κ3) is 2.74. The summed E-state index contributed by atoms with van der Waals surface area (Å²) in [6.07, 6.45) is 3.39. The van der Waals surface area contributed by atoms with Gasteiger partial charge < -0.3 is 9.64 Å². The zero-order valence-corrected chi connectivity index (χ0v) is 7.73. The summed E-state index contributed by atoms with van der Waals surface area (Å²) >= 11 is 0. The summed E-state index contributed by atoms with van der Waals surface area (Å²) in [6, 6.07) is 3.71. The van der Waals surface area contributed by atoms with Crippen LogP contribution in [-0.4, -0.2) is 31.7 Å². The minimum atomic E-state index is -0.258. The summed E-state index contributed by atoms with van der Waals surface area (Å²) in [7, 11) is 3.19. The molecule has 0 N–H and O–H groups in total. The quantitative estimate of drug-likeness (QED) is 0.642. The van der Waals surface area contributed by atoms with E-state index >= 15 is 0 Å². The Morgan fingerprint density at radius 2 is 2.46 bits per heavy atom. The Labute approximate surface area is 77.1 Å². The summed E-state index contributed by atoms with van der Waals surface area (Å²) in [5, 5.41) is 0. The van der Waals surface area contributed by atoms with Gasteiger partial charge in [-0.1, -0.05) is 0 Å². The van der Waals surface area contributed by atoms with E-state index < -0.39 is 0 Å². The molecule has 0 bridgehead atoms. The smallest absolute Gasteiger partial charge is 0.325 e. The molecule has 0 unspecified atom stereocenters. The molecule has 1 rings (SSSR count). The van der Waals surface area contributed by atoms with Crippen molar-refractivity contribution in [2.75, 3.05) is 25.6 Å². The highest BCUT2D eigenvalue weighted by molar-refractivity contribution is 5.75. The topological polar surface area (TPSA) is 42.4 Å². The van der Waals surface area contributed by atoms with Crippen molar-refractivity contribution in [1.29, 1.82) is 0 Å². The van der Waals surface area contributed by atoms with Crippen molar-refractivity contribution in [3.63, 3.8) is 0 Å². The number of carbonyl (C=O) groups excluding carboxylic acids is 1. The molecule has 0 spiro atoms. The van der Waals surface area contributed by atoms with Gasteiger partial charge in [0.1, 0.15) is 6.54 Å². The van der Waals surface area contributed by atoms with E-state index in [0.717, 1.165) is 5.69 Å². The first kappa shape index (κ1) is 9.51. The van der Waals surface area contributed by atoms with Gasteiger partial charge in [0.05, 0.1) is 19.0 Å². The lowest BCUT2D eigenvalue weighted by molar-refractivity contribution is -0.138. The lowest BCUT2D eigenvalue weighted by Gasteiger charge is -2.16. The minimum absolute atomic E-state index is 0.238. The van der Waals surface area contributed by atoms with Gasteiger partial charge in [-0.3, -0.25) is 9.78 Å². The van der Waals surface area contributed by atoms with E-state index in [1.165, 1.54) is 7.11 Å². The molecule has 4 heteroatoms. The zero-order chi connectivity index (χ0) is 9.68. The molecule has 0 aliphatic carbocycles. The normalized spacial score (nSPS) is 9.38. The number of esters is 1. The summed E-state index contributed by atoms with van der Waals surface area (Å²) in [5.74, 6) is -0.258. The van der Waals surface area contributed by atoms with Gasteiger partial charge in [0, 0.05) is 13.2 Å². The summed E-state index contributed by atoms with van der Waals surface area (Å²) in [4.78, 5) is 16.6. The van der Waals surface area contributed by atoms with Gasteiger partial charge in [-0.25, -0.2) is 0 Å². The molecule has 0 aromatic carbocycles. The van der Waals surface area contributed by atoms with Crippen LogP contribution in [0.2, 0.25) is 0 Å². The first-order valence-corrected chi connectivity index (χ1v) is 3.92. The van der Waals surface area contributed by atoms with Gasteiger partial charge in [-0.2, -0.15) is 0 Å². The number of hydrogen-bond acceptors (Lipinski definition) is 4.